The molecule has 0 aliphatic rings. The van der Waals surface area contributed by atoms with Crippen molar-refractivity contribution in [2.24, 2.45) is 5.10 Å². The van der Waals surface area contributed by atoms with Crippen LogP contribution in [0.2, 0.25) is 10.3 Å². The molecule has 0 bridgehead atoms. The zero-order chi connectivity index (χ0) is 17.8. The third-order valence-electron chi connectivity index (χ3n) is 3.10. The van der Waals surface area contributed by atoms with Gasteiger partial charge in [-0.25, -0.2) is 15.2 Å². The molecule has 0 radical (unpaired) electrons. The van der Waals surface area contributed by atoms with Crippen molar-refractivity contribution in [1.29, 1.82) is 0 Å². The number of anilines is 1. The van der Waals surface area contributed by atoms with Gasteiger partial charge in [-0.2, -0.15) is 5.10 Å². The third kappa shape index (κ3) is 4.14. The molecule has 25 heavy (non-hydrogen) atoms. The van der Waals surface area contributed by atoms with Crippen LogP contribution in [0.1, 0.15) is 5.56 Å². The lowest BCUT2D eigenvalue weighted by Gasteiger charge is -2.04. The van der Waals surface area contributed by atoms with E-state index in [1.807, 2.05) is 0 Å². The van der Waals surface area contributed by atoms with Crippen molar-refractivity contribution in [1.82, 2.24) is 10.4 Å². The van der Waals surface area contributed by atoms with Crippen LogP contribution in [0.25, 0.3) is 11.0 Å². The number of para-hydroxylation sites is 1. The second-order valence-electron chi connectivity index (χ2n) is 4.84. The molecule has 1 aromatic carbocycles. The first kappa shape index (κ1) is 16.9. The normalized spacial score (nSPS) is 11.0. The van der Waals surface area contributed by atoms with Gasteiger partial charge in [0, 0.05) is 5.69 Å². The summed E-state index contributed by atoms with van der Waals surface area (Å²) in [5.74, 6) is 0. The van der Waals surface area contributed by atoms with Crippen LogP contribution < -0.4 is 16.2 Å². The zero-order valence-electron chi connectivity index (χ0n) is 12.5. The SMILES string of the molecule is O=C(N/N=C/c1coc2ccccc2c1=O)Nc1cc(Cl)nc(Cl)c1. The van der Waals surface area contributed by atoms with E-state index >= 15 is 0 Å². The van der Waals surface area contributed by atoms with Crippen molar-refractivity contribution in [3.63, 3.8) is 0 Å². The van der Waals surface area contributed by atoms with Crippen LogP contribution in [-0.4, -0.2) is 17.2 Å². The minimum atomic E-state index is -0.639. The van der Waals surface area contributed by atoms with E-state index in [9.17, 15) is 9.59 Å². The summed E-state index contributed by atoms with van der Waals surface area (Å²) in [5.41, 5.74) is 3.00. The smallest absolute Gasteiger partial charge is 0.339 e. The predicted octanol–water partition coefficient (Wildman–Crippen LogP) is 3.65. The lowest BCUT2D eigenvalue weighted by atomic mass is 10.2. The Kier molecular flexibility index (Phi) is 4.97. The molecule has 7 nitrogen and oxygen atoms in total. The number of amides is 2. The quantitative estimate of drug-likeness (QED) is 0.414. The van der Waals surface area contributed by atoms with Crippen LogP contribution in [0.3, 0.4) is 0 Å². The Balaban J connectivity index is 1.69. The monoisotopic (exact) mass is 376 g/mol. The summed E-state index contributed by atoms with van der Waals surface area (Å²) in [6, 6.07) is 9.05. The summed E-state index contributed by atoms with van der Waals surface area (Å²) < 4.78 is 5.35. The molecular formula is C16H10Cl2N4O3. The lowest BCUT2D eigenvalue weighted by molar-refractivity contribution is 0.252. The van der Waals surface area contributed by atoms with Crippen LogP contribution in [0.15, 0.2) is 57.0 Å². The summed E-state index contributed by atoms with van der Waals surface area (Å²) in [6.07, 6.45) is 2.47. The van der Waals surface area contributed by atoms with Gasteiger partial charge in [0.05, 0.1) is 17.2 Å². The largest absolute Gasteiger partial charge is 0.463 e. The van der Waals surface area contributed by atoms with E-state index in [4.69, 9.17) is 27.6 Å². The summed E-state index contributed by atoms with van der Waals surface area (Å²) in [7, 11) is 0. The number of rotatable bonds is 3. The number of nitrogens with zero attached hydrogens (tertiary/aromatic N) is 2. The third-order valence-corrected chi connectivity index (χ3v) is 3.48. The Morgan fingerprint density at radius 1 is 1.20 bits per heavy atom. The second-order valence-corrected chi connectivity index (χ2v) is 5.62. The van der Waals surface area contributed by atoms with Gasteiger partial charge in [0.1, 0.15) is 22.2 Å². The molecule has 0 saturated heterocycles. The molecule has 126 valence electrons. The standard InChI is InChI=1S/C16H10Cl2N4O3/c17-13-5-10(6-14(18)21-13)20-16(24)22-19-7-9-8-25-12-4-2-1-3-11(12)15(9)23/h1-8H,(H2,20,21,22,24)/b19-7+. The number of carbonyl (C=O) groups is 1. The molecule has 0 spiro atoms. The summed E-state index contributed by atoms with van der Waals surface area (Å²) >= 11 is 11.5. The van der Waals surface area contributed by atoms with Gasteiger partial charge in [-0.05, 0) is 24.3 Å². The molecule has 0 aliphatic carbocycles. The van der Waals surface area contributed by atoms with Crippen LogP contribution >= 0.6 is 23.2 Å². The summed E-state index contributed by atoms with van der Waals surface area (Å²) in [5, 5.41) is 6.91. The van der Waals surface area contributed by atoms with Crippen LogP contribution in [0.4, 0.5) is 10.5 Å². The lowest BCUT2D eigenvalue weighted by Crippen LogP contribution is -2.24. The van der Waals surface area contributed by atoms with Gasteiger partial charge in [-0.1, -0.05) is 35.3 Å². The zero-order valence-corrected chi connectivity index (χ0v) is 14.0. The van der Waals surface area contributed by atoms with E-state index in [-0.39, 0.29) is 21.3 Å². The van der Waals surface area contributed by atoms with E-state index < -0.39 is 6.03 Å². The fourth-order valence-electron chi connectivity index (χ4n) is 2.04. The fourth-order valence-corrected chi connectivity index (χ4v) is 2.50. The van der Waals surface area contributed by atoms with Crippen molar-refractivity contribution >= 4 is 52.1 Å². The van der Waals surface area contributed by atoms with E-state index in [0.717, 1.165) is 0 Å². The molecule has 9 heteroatoms. The molecule has 0 aliphatic heterocycles. The number of pyridine rings is 1. The Morgan fingerprint density at radius 3 is 2.68 bits per heavy atom. The number of hydrogen-bond donors (Lipinski definition) is 2. The van der Waals surface area contributed by atoms with Crippen molar-refractivity contribution in [2.45, 2.75) is 0 Å². The van der Waals surface area contributed by atoms with Crippen LogP contribution in [0.5, 0.6) is 0 Å². The average Bonchev–Trinajstić information content (AvgIpc) is 2.56. The van der Waals surface area contributed by atoms with Crippen LogP contribution in [-0.2, 0) is 0 Å². The highest BCUT2D eigenvalue weighted by atomic mass is 35.5. The van der Waals surface area contributed by atoms with E-state index in [0.29, 0.717) is 16.7 Å². The molecule has 2 N–H and O–H groups in total. The minimum Gasteiger partial charge on any atom is -0.463 e. The molecule has 0 unspecified atom stereocenters. The molecular weight excluding hydrogens is 367 g/mol. The van der Waals surface area contributed by atoms with Crippen molar-refractivity contribution < 1.29 is 9.21 Å². The number of nitrogens with one attached hydrogen (secondary N) is 2. The van der Waals surface area contributed by atoms with Crippen molar-refractivity contribution in [3.05, 3.63) is 68.8 Å². The van der Waals surface area contributed by atoms with E-state index in [2.05, 4.69) is 20.8 Å². The molecule has 0 fully saturated rings. The van der Waals surface area contributed by atoms with Gasteiger partial charge in [0.15, 0.2) is 0 Å². The molecule has 2 heterocycles. The number of urea groups is 1. The van der Waals surface area contributed by atoms with Crippen LogP contribution in [0, 0.1) is 0 Å². The van der Waals surface area contributed by atoms with Crippen molar-refractivity contribution in [2.75, 3.05) is 5.32 Å². The Labute approximate surface area is 151 Å². The minimum absolute atomic E-state index is 0.139. The molecule has 0 saturated carbocycles. The number of halogens is 2. The number of hydrogen-bond acceptors (Lipinski definition) is 5. The summed E-state index contributed by atoms with van der Waals surface area (Å²) in [6.45, 7) is 0. The van der Waals surface area contributed by atoms with E-state index in [1.165, 1.54) is 24.6 Å². The maximum absolute atomic E-state index is 12.3. The molecule has 3 aromatic rings. The Morgan fingerprint density at radius 2 is 1.92 bits per heavy atom. The molecule has 3 rings (SSSR count). The first-order valence-corrected chi connectivity index (χ1v) is 7.72. The van der Waals surface area contributed by atoms with Crippen molar-refractivity contribution in [3.8, 4) is 0 Å². The van der Waals surface area contributed by atoms with Gasteiger partial charge < -0.3 is 9.73 Å². The first-order valence-electron chi connectivity index (χ1n) is 6.96. The van der Waals surface area contributed by atoms with Gasteiger partial charge >= 0.3 is 6.03 Å². The number of fused-ring (bicyclic) bond motifs is 1. The van der Waals surface area contributed by atoms with Gasteiger partial charge in [-0.3, -0.25) is 4.79 Å². The maximum Gasteiger partial charge on any atom is 0.339 e. The Bertz CT molecular complexity index is 1010. The number of aromatic nitrogens is 1. The molecule has 2 amide bonds. The number of benzene rings is 1. The molecule has 0 atom stereocenters. The number of carbonyl (C=O) groups excluding carboxylic acids is 1. The first-order chi connectivity index (χ1) is 12.0. The highest BCUT2D eigenvalue weighted by Gasteiger charge is 2.06. The highest BCUT2D eigenvalue weighted by Crippen LogP contribution is 2.18. The van der Waals surface area contributed by atoms with E-state index in [1.54, 1.807) is 24.3 Å². The maximum atomic E-state index is 12.3. The van der Waals surface area contributed by atoms with Gasteiger partial charge in [0.25, 0.3) is 0 Å². The summed E-state index contributed by atoms with van der Waals surface area (Å²) in [4.78, 5) is 27.8. The van der Waals surface area contributed by atoms with Gasteiger partial charge in [-0.15, -0.1) is 0 Å². The topological polar surface area (TPSA) is 96.6 Å². The second kappa shape index (κ2) is 7.33. The fraction of sp³-hybridized carbons (Fsp3) is 0. The average molecular weight is 377 g/mol. The predicted molar refractivity (Wildman–Crippen MR) is 96.5 cm³/mol. The van der Waals surface area contributed by atoms with Gasteiger partial charge in [0.2, 0.25) is 5.43 Å². The Hall–Kier alpha value is -2.90. The molecule has 2 aromatic heterocycles. The highest BCUT2D eigenvalue weighted by molar-refractivity contribution is 6.32. The number of hydrazone groups is 1.